The number of aliphatic hydroxyl groups is 2. The van der Waals surface area contributed by atoms with E-state index in [1.54, 1.807) is 24.3 Å². The number of aliphatic hydroxyl groups excluding tert-OH is 1. The van der Waals surface area contributed by atoms with Crippen LogP contribution in [0.1, 0.15) is 42.1 Å². The van der Waals surface area contributed by atoms with E-state index in [1.165, 1.54) is 18.2 Å². The van der Waals surface area contributed by atoms with Crippen molar-refractivity contribution in [2.45, 2.75) is 41.6 Å². The van der Waals surface area contributed by atoms with Gasteiger partial charge in [0.15, 0.2) is 33.2 Å². The van der Waals surface area contributed by atoms with Gasteiger partial charge in [0.2, 0.25) is 5.89 Å². The molecular formula is C29H25ClF2N2O6S. The largest absolute Gasteiger partial charge is 0.438 e. The second-order valence-electron chi connectivity index (χ2n) is 10.7. The molecule has 12 heteroatoms. The van der Waals surface area contributed by atoms with E-state index >= 15 is 0 Å². The predicted molar refractivity (Wildman–Crippen MR) is 146 cm³/mol. The van der Waals surface area contributed by atoms with E-state index in [2.05, 4.69) is 10.3 Å². The van der Waals surface area contributed by atoms with Gasteiger partial charge in [-0.3, -0.25) is 4.79 Å². The van der Waals surface area contributed by atoms with Crippen molar-refractivity contribution in [3.63, 3.8) is 0 Å². The number of aromatic nitrogens is 1. The summed E-state index contributed by atoms with van der Waals surface area (Å²) in [4.78, 5) is 16.9. The molecule has 4 aromatic rings. The third kappa shape index (κ3) is 4.42. The monoisotopic (exact) mass is 602 g/mol. The lowest BCUT2D eigenvalue weighted by Gasteiger charge is -2.63. The molecular weight excluding hydrogens is 578 g/mol. The lowest BCUT2D eigenvalue weighted by molar-refractivity contribution is -0.269. The highest BCUT2D eigenvalue weighted by Crippen LogP contribution is 2.63. The molecule has 0 spiro atoms. The Balaban J connectivity index is 1.24. The Morgan fingerprint density at radius 1 is 1.10 bits per heavy atom. The number of carbonyl (C=O) groups is 1. The lowest BCUT2D eigenvalue weighted by atomic mass is 9.46. The highest BCUT2D eigenvalue weighted by Gasteiger charge is 2.68. The number of nitrogens with zero attached hydrogens (tertiary/aromatic N) is 1. The quantitative estimate of drug-likeness (QED) is 0.273. The second kappa shape index (κ2) is 9.87. The summed E-state index contributed by atoms with van der Waals surface area (Å²) in [5, 5.41) is 24.2. The second-order valence-corrected chi connectivity index (χ2v) is 13.4. The number of oxazole rings is 1. The van der Waals surface area contributed by atoms with Crippen LogP contribution in [0.4, 0.5) is 14.5 Å². The highest BCUT2D eigenvalue weighted by molar-refractivity contribution is 7.92. The number of rotatable bonds is 6. The molecule has 41 heavy (non-hydrogen) atoms. The van der Waals surface area contributed by atoms with Gasteiger partial charge < -0.3 is 19.9 Å². The van der Waals surface area contributed by atoms with Gasteiger partial charge in [-0.15, -0.1) is 0 Å². The smallest absolute Gasteiger partial charge is 0.255 e. The first-order chi connectivity index (χ1) is 19.4. The van der Waals surface area contributed by atoms with Gasteiger partial charge in [-0.25, -0.2) is 22.2 Å². The van der Waals surface area contributed by atoms with Gasteiger partial charge in [0.05, 0.1) is 15.2 Å². The number of amides is 1. The Kier molecular flexibility index (Phi) is 6.68. The topological polar surface area (TPSA) is 130 Å². The van der Waals surface area contributed by atoms with Gasteiger partial charge in [-0.05, 0) is 73.1 Å². The SMILES string of the molecule is C[C@H]1C2CC(S(=O)(=O)c3cc(C(=O)Nc4ccc(F)c(F)c4)ccc3Cl)CC1[C@@]2(O)C(O)c1nc2ccccc2o1. The number of hydrogen-bond donors (Lipinski definition) is 3. The van der Waals surface area contributed by atoms with E-state index in [1.807, 2.05) is 6.92 Å². The fraction of sp³-hybridized carbons (Fsp3) is 0.310. The van der Waals surface area contributed by atoms with Gasteiger partial charge in [0.1, 0.15) is 11.1 Å². The van der Waals surface area contributed by atoms with Crippen LogP contribution in [0.15, 0.2) is 70.0 Å². The number of fused-ring (bicyclic) bond motifs is 3. The van der Waals surface area contributed by atoms with Gasteiger partial charge in [0.25, 0.3) is 5.91 Å². The number of anilines is 1. The molecule has 3 atom stereocenters. The van der Waals surface area contributed by atoms with E-state index in [4.69, 9.17) is 16.0 Å². The molecule has 3 aliphatic rings. The number of carbonyl (C=O) groups excluding carboxylic acids is 1. The van der Waals surface area contributed by atoms with E-state index in [0.717, 1.165) is 18.2 Å². The molecule has 7 rings (SSSR count). The molecule has 3 N–H and O–H groups in total. The Morgan fingerprint density at radius 2 is 1.80 bits per heavy atom. The molecule has 3 aliphatic carbocycles. The minimum Gasteiger partial charge on any atom is -0.438 e. The van der Waals surface area contributed by atoms with Crippen LogP contribution >= 0.6 is 11.6 Å². The zero-order valence-electron chi connectivity index (χ0n) is 21.6. The van der Waals surface area contributed by atoms with E-state index < -0.39 is 56.2 Å². The molecule has 1 heterocycles. The van der Waals surface area contributed by atoms with Crippen LogP contribution in [-0.2, 0) is 9.84 Å². The Bertz CT molecular complexity index is 1750. The molecule has 0 aliphatic heterocycles. The van der Waals surface area contributed by atoms with Gasteiger partial charge in [-0.1, -0.05) is 30.7 Å². The predicted octanol–water partition coefficient (Wildman–Crippen LogP) is 5.29. The van der Waals surface area contributed by atoms with Crippen LogP contribution in [0.3, 0.4) is 0 Å². The summed E-state index contributed by atoms with van der Waals surface area (Å²) in [6.45, 7) is 1.90. The zero-order chi connectivity index (χ0) is 29.3. The molecule has 214 valence electrons. The number of sulfone groups is 1. The van der Waals surface area contributed by atoms with Gasteiger partial charge in [0, 0.05) is 17.3 Å². The molecule has 1 amide bonds. The lowest BCUT2D eigenvalue weighted by Crippen LogP contribution is -2.69. The summed E-state index contributed by atoms with van der Waals surface area (Å²) in [6.07, 6.45) is -1.35. The van der Waals surface area contributed by atoms with Gasteiger partial charge in [-0.2, -0.15) is 0 Å². The Labute approximate surface area is 238 Å². The molecule has 3 fully saturated rings. The summed E-state index contributed by atoms with van der Waals surface area (Å²) in [6, 6.07) is 13.6. The van der Waals surface area contributed by atoms with Crippen molar-refractivity contribution in [1.82, 2.24) is 4.98 Å². The summed E-state index contributed by atoms with van der Waals surface area (Å²) in [5.41, 5.74) is -0.679. The number of benzene rings is 3. The maximum Gasteiger partial charge on any atom is 0.255 e. The highest BCUT2D eigenvalue weighted by atomic mass is 35.5. The Morgan fingerprint density at radius 3 is 2.49 bits per heavy atom. The van der Waals surface area contributed by atoms with Crippen molar-refractivity contribution in [2.75, 3.05) is 5.32 Å². The third-order valence-corrected chi connectivity index (χ3v) is 11.2. The van der Waals surface area contributed by atoms with Crippen molar-refractivity contribution in [3.8, 4) is 0 Å². The van der Waals surface area contributed by atoms with E-state index in [-0.39, 0.29) is 45.8 Å². The maximum atomic E-state index is 13.8. The first-order valence-corrected chi connectivity index (χ1v) is 14.9. The molecule has 8 nitrogen and oxygen atoms in total. The van der Waals surface area contributed by atoms with Crippen LogP contribution in [0.25, 0.3) is 11.1 Å². The fourth-order valence-electron chi connectivity index (χ4n) is 6.43. The summed E-state index contributed by atoms with van der Waals surface area (Å²) in [7, 11) is -4.07. The van der Waals surface area contributed by atoms with E-state index in [9.17, 15) is 32.2 Å². The average Bonchev–Trinajstić information content (AvgIpc) is 3.39. The summed E-state index contributed by atoms with van der Waals surface area (Å²) in [5.74, 6) is -4.17. The van der Waals surface area contributed by atoms with Crippen molar-refractivity contribution in [3.05, 3.63) is 88.8 Å². The van der Waals surface area contributed by atoms with E-state index in [0.29, 0.717) is 11.1 Å². The molecule has 2 bridgehead atoms. The first-order valence-electron chi connectivity index (χ1n) is 13.0. The van der Waals surface area contributed by atoms with Crippen LogP contribution in [0, 0.1) is 29.4 Å². The molecule has 0 radical (unpaired) electrons. The number of hydrogen-bond acceptors (Lipinski definition) is 7. The van der Waals surface area contributed by atoms with Crippen LogP contribution in [0.5, 0.6) is 0 Å². The van der Waals surface area contributed by atoms with Crippen LogP contribution in [0.2, 0.25) is 5.02 Å². The summed E-state index contributed by atoms with van der Waals surface area (Å²) >= 11 is 6.29. The van der Waals surface area contributed by atoms with Gasteiger partial charge >= 0.3 is 0 Å². The minimum atomic E-state index is -4.07. The van der Waals surface area contributed by atoms with Crippen molar-refractivity contribution in [2.24, 2.45) is 17.8 Å². The van der Waals surface area contributed by atoms with Crippen molar-refractivity contribution in [1.29, 1.82) is 0 Å². The first kappa shape index (κ1) is 27.8. The average molecular weight is 603 g/mol. The number of halogens is 3. The number of para-hydroxylation sites is 2. The molecule has 3 aromatic carbocycles. The van der Waals surface area contributed by atoms with Crippen LogP contribution in [-0.4, -0.2) is 40.4 Å². The third-order valence-electron chi connectivity index (χ3n) is 8.59. The Hall–Kier alpha value is -3.38. The number of nitrogens with one attached hydrogen (secondary N) is 1. The van der Waals surface area contributed by atoms with Crippen LogP contribution < -0.4 is 5.32 Å². The molecule has 3 saturated carbocycles. The zero-order valence-corrected chi connectivity index (χ0v) is 23.2. The molecule has 0 saturated heterocycles. The fourth-order valence-corrected chi connectivity index (χ4v) is 8.78. The van der Waals surface area contributed by atoms with Crippen molar-refractivity contribution < 1.29 is 36.6 Å². The standard InChI is InChI=1S/C29H25ClF2N2O6S/c1-14-18-12-17(13-19(14)29(18,37)26(35)28-34-23-4-2-3-5-24(23)40-28)41(38,39)25-10-15(6-8-20(25)30)27(36)33-16-7-9-21(31)22(32)11-16/h2-11,14,17-19,26,35,37H,12-13H2,1H3,(H,33,36)/t14-,17?,18?,19?,26?,29+. The normalized spacial score (nSPS) is 26.4. The minimum absolute atomic E-state index is 0.00796. The maximum absolute atomic E-state index is 13.8. The molecule has 3 unspecified atom stereocenters. The summed E-state index contributed by atoms with van der Waals surface area (Å²) < 4.78 is 60.0. The molecule has 1 aromatic heterocycles. The van der Waals surface area contributed by atoms with Crippen molar-refractivity contribution >= 4 is 44.1 Å².